The third kappa shape index (κ3) is 0.428. The smallest absolute Gasteiger partial charge is 0.335 e. The second kappa shape index (κ2) is 1.15. The summed E-state index contributed by atoms with van der Waals surface area (Å²) in [4.78, 5) is 0. The minimum Gasteiger partial charge on any atom is -0.431 e. The summed E-state index contributed by atoms with van der Waals surface area (Å²) < 4.78 is 9.72. The summed E-state index contributed by atoms with van der Waals surface area (Å²) in [5, 5.41) is 0. The molecule has 0 aromatic rings. The summed E-state index contributed by atoms with van der Waals surface area (Å²) in [5.74, 6) is 0. The summed E-state index contributed by atoms with van der Waals surface area (Å²) in [6, 6.07) is 5.55. The van der Waals surface area contributed by atoms with Crippen LogP contribution in [0, 0.1) is 11.0 Å². The van der Waals surface area contributed by atoms with Gasteiger partial charge in [-0.3, -0.25) is 0 Å². The SMILES string of the molecule is c1ccc2oc=2oc1. The van der Waals surface area contributed by atoms with Gasteiger partial charge in [-0.05, 0) is 12.1 Å². The summed E-state index contributed by atoms with van der Waals surface area (Å²) >= 11 is 0. The van der Waals surface area contributed by atoms with E-state index in [2.05, 4.69) is 0 Å². The molecule has 0 spiro atoms. The van der Waals surface area contributed by atoms with E-state index in [-0.39, 0.29) is 0 Å². The Balaban J connectivity index is 2.93. The van der Waals surface area contributed by atoms with Gasteiger partial charge in [0.25, 0.3) is 0 Å². The molecule has 0 aromatic carbocycles. The van der Waals surface area contributed by atoms with Gasteiger partial charge < -0.3 is 8.83 Å². The van der Waals surface area contributed by atoms with E-state index in [1.54, 1.807) is 6.26 Å². The molecule has 0 saturated carbocycles. The fourth-order valence-corrected chi connectivity index (χ4v) is 0.548. The van der Waals surface area contributed by atoms with E-state index in [9.17, 15) is 0 Å². The maximum absolute atomic E-state index is 4.89. The Labute approximate surface area is 45.4 Å². The largest absolute Gasteiger partial charge is 0.431 e. The summed E-state index contributed by atoms with van der Waals surface area (Å²) in [7, 11) is 0. The van der Waals surface area contributed by atoms with Crippen LogP contribution in [0.3, 0.4) is 0 Å². The molecular formula is C6H4O2. The molecule has 0 radical (unpaired) electrons. The molecule has 0 fully saturated rings. The van der Waals surface area contributed by atoms with Gasteiger partial charge in [0.1, 0.15) is 0 Å². The molecule has 2 nitrogen and oxygen atoms in total. The standard InChI is InChI=1S/C6H4O2/c1-2-4-7-6-5(3-1)8-6/h1-4H. The Hall–Kier alpha value is -1.18. The maximum atomic E-state index is 4.89. The minimum absolute atomic E-state index is 0.634. The molecule has 0 bridgehead atoms. The van der Waals surface area contributed by atoms with Crippen molar-refractivity contribution in [2.75, 3.05) is 0 Å². The van der Waals surface area contributed by atoms with Crippen molar-refractivity contribution in [3.05, 3.63) is 35.5 Å². The van der Waals surface area contributed by atoms with E-state index in [4.69, 9.17) is 8.83 Å². The van der Waals surface area contributed by atoms with Crippen molar-refractivity contribution in [1.29, 1.82) is 0 Å². The van der Waals surface area contributed by atoms with Gasteiger partial charge in [-0.25, -0.2) is 0 Å². The summed E-state index contributed by atoms with van der Waals surface area (Å²) in [6.45, 7) is 0. The third-order valence-corrected chi connectivity index (χ3v) is 0.975. The molecule has 2 rings (SSSR count). The highest BCUT2D eigenvalue weighted by atomic mass is 16.5. The Morgan fingerprint density at radius 3 is 3.25 bits per heavy atom. The number of hydrogen-bond acceptors (Lipinski definition) is 2. The van der Waals surface area contributed by atoms with Gasteiger partial charge in [0.05, 0.1) is 6.26 Å². The molecule has 0 amide bonds. The van der Waals surface area contributed by atoms with E-state index >= 15 is 0 Å². The maximum Gasteiger partial charge on any atom is 0.335 e. The fourth-order valence-electron chi connectivity index (χ4n) is 0.548. The molecule has 0 aromatic heterocycles. The van der Waals surface area contributed by atoms with Crippen molar-refractivity contribution < 1.29 is 8.83 Å². The first-order valence-corrected chi connectivity index (χ1v) is 2.39. The van der Waals surface area contributed by atoms with Crippen LogP contribution >= 0.6 is 0 Å². The van der Waals surface area contributed by atoms with Crippen LogP contribution in [0.15, 0.2) is 33.3 Å². The van der Waals surface area contributed by atoms with E-state index in [1.807, 2.05) is 18.2 Å². The van der Waals surface area contributed by atoms with Crippen molar-refractivity contribution in [2.24, 2.45) is 0 Å². The molecule has 2 aliphatic heterocycles. The Morgan fingerprint density at radius 2 is 2.25 bits per heavy atom. The van der Waals surface area contributed by atoms with Crippen LogP contribution in [-0.4, -0.2) is 0 Å². The summed E-state index contributed by atoms with van der Waals surface area (Å²) in [5.41, 5.74) is 1.48. The monoisotopic (exact) mass is 108 g/mol. The molecule has 0 aliphatic carbocycles. The van der Waals surface area contributed by atoms with Crippen LogP contribution in [-0.2, 0) is 0 Å². The van der Waals surface area contributed by atoms with Gasteiger partial charge in [0.15, 0.2) is 0 Å². The van der Waals surface area contributed by atoms with Crippen LogP contribution in [0.1, 0.15) is 0 Å². The Morgan fingerprint density at radius 1 is 1.25 bits per heavy atom. The van der Waals surface area contributed by atoms with Crippen LogP contribution in [0.25, 0.3) is 0 Å². The van der Waals surface area contributed by atoms with Crippen LogP contribution in [0.2, 0.25) is 0 Å². The highest BCUT2D eigenvalue weighted by Gasteiger charge is 1.96. The lowest BCUT2D eigenvalue weighted by molar-refractivity contribution is 0.437. The molecule has 2 aliphatic rings. The molecular weight excluding hydrogens is 104 g/mol. The van der Waals surface area contributed by atoms with Crippen molar-refractivity contribution in [1.82, 2.24) is 0 Å². The molecule has 0 atom stereocenters. The highest BCUT2D eigenvalue weighted by molar-refractivity contribution is 4.91. The second-order valence-electron chi connectivity index (χ2n) is 1.56. The predicted octanol–water partition coefficient (Wildman–Crippen LogP) is 1.60. The number of rotatable bonds is 0. The molecule has 0 unspecified atom stereocenters. The average Bonchev–Trinajstić information content (AvgIpc) is 2.36. The van der Waals surface area contributed by atoms with Gasteiger partial charge in [-0.1, -0.05) is 6.07 Å². The zero-order valence-electron chi connectivity index (χ0n) is 4.13. The zero-order valence-corrected chi connectivity index (χ0v) is 4.13. The van der Waals surface area contributed by atoms with Gasteiger partial charge in [-0.15, -0.1) is 0 Å². The molecule has 0 N–H and O–H groups in total. The lowest BCUT2D eigenvalue weighted by Crippen LogP contribution is -1.37. The van der Waals surface area contributed by atoms with E-state index < -0.39 is 0 Å². The lowest BCUT2D eigenvalue weighted by Gasteiger charge is -1.60. The van der Waals surface area contributed by atoms with Gasteiger partial charge in [-0.2, -0.15) is 0 Å². The van der Waals surface area contributed by atoms with Crippen LogP contribution in [0.5, 0.6) is 0 Å². The fraction of sp³-hybridized carbons (Fsp3) is 0. The first-order chi connectivity index (χ1) is 3.97. The molecule has 0 saturated heterocycles. The normalized spacial score (nSPS) is 10.5. The third-order valence-electron chi connectivity index (χ3n) is 0.975. The van der Waals surface area contributed by atoms with Gasteiger partial charge in [0, 0.05) is 0 Å². The summed E-state index contributed by atoms with van der Waals surface area (Å²) in [6.07, 6.45) is 1.59. The topological polar surface area (TPSA) is 26.3 Å². The molecule has 2 heterocycles. The quantitative estimate of drug-likeness (QED) is 0.512. The minimum atomic E-state index is 0.634. The van der Waals surface area contributed by atoms with E-state index in [1.165, 1.54) is 0 Å². The van der Waals surface area contributed by atoms with Crippen molar-refractivity contribution in [3.63, 3.8) is 0 Å². The highest BCUT2D eigenvalue weighted by Crippen LogP contribution is 2.03. The van der Waals surface area contributed by atoms with Crippen molar-refractivity contribution in [2.45, 2.75) is 0 Å². The predicted molar refractivity (Wildman–Crippen MR) is 26.3 cm³/mol. The number of hydrogen-bond donors (Lipinski definition) is 0. The molecule has 8 heavy (non-hydrogen) atoms. The second-order valence-corrected chi connectivity index (χ2v) is 1.56. The van der Waals surface area contributed by atoms with Crippen LogP contribution < -0.4 is 0 Å². The molecule has 2 heteroatoms. The first kappa shape index (κ1) is 3.78. The van der Waals surface area contributed by atoms with Gasteiger partial charge >= 0.3 is 5.61 Å². The zero-order chi connectivity index (χ0) is 5.40. The van der Waals surface area contributed by atoms with Crippen molar-refractivity contribution in [3.8, 4) is 0 Å². The van der Waals surface area contributed by atoms with E-state index in [0.717, 1.165) is 5.42 Å². The Kier molecular flexibility index (Phi) is 0.545. The Bertz CT molecular complexity index is 288. The molecule has 40 valence electrons. The van der Waals surface area contributed by atoms with Crippen LogP contribution in [0.4, 0.5) is 0 Å². The van der Waals surface area contributed by atoms with Gasteiger partial charge in [0.2, 0.25) is 5.42 Å². The first-order valence-electron chi connectivity index (χ1n) is 2.39. The van der Waals surface area contributed by atoms with Crippen molar-refractivity contribution >= 4 is 0 Å². The lowest BCUT2D eigenvalue weighted by atomic mass is 10.6. The van der Waals surface area contributed by atoms with E-state index in [0.29, 0.717) is 5.61 Å². The average molecular weight is 108 g/mol.